The lowest BCUT2D eigenvalue weighted by atomic mass is 10.4. The van der Waals surface area contributed by atoms with Gasteiger partial charge in [-0.15, -0.1) is 0 Å². The zero-order chi connectivity index (χ0) is 14.3. The molecule has 0 unspecified atom stereocenters. The van der Waals surface area contributed by atoms with Crippen molar-refractivity contribution in [3.63, 3.8) is 0 Å². The molecule has 1 heterocycles. The number of rotatable bonds is 3. The topological polar surface area (TPSA) is 95.2 Å². The van der Waals surface area contributed by atoms with Crippen molar-refractivity contribution in [2.24, 2.45) is 0 Å². The van der Waals surface area contributed by atoms with Crippen LogP contribution in [0, 0.1) is 0 Å². The van der Waals surface area contributed by atoms with Crippen LogP contribution in [0.15, 0.2) is 52.4 Å². The van der Waals surface area contributed by atoms with Gasteiger partial charge in [-0.1, -0.05) is 18.2 Å². The Morgan fingerprint density at radius 2 is 1.42 bits per heavy atom. The summed E-state index contributed by atoms with van der Waals surface area (Å²) in [5, 5.41) is 0. The molecule has 0 bridgehead atoms. The number of hydrogen-bond acceptors (Lipinski definition) is 5. The first-order valence-electron chi connectivity index (χ1n) is 5.06. The molecule has 0 fully saturated rings. The molecule has 1 aromatic heterocycles. The molecular formula is C10H10N2O5S2. The van der Waals surface area contributed by atoms with Crippen LogP contribution in [0.1, 0.15) is 0 Å². The van der Waals surface area contributed by atoms with Crippen molar-refractivity contribution in [2.45, 2.75) is 4.90 Å². The van der Waals surface area contributed by atoms with Crippen LogP contribution < -0.4 is 5.69 Å². The van der Waals surface area contributed by atoms with Crippen LogP contribution in [-0.4, -0.2) is 31.0 Å². The maximum Gasteiger partial charge on any atom is 0.356 e. The summed E-state index contributed by atoms with van der Waals surface area (Å²) in [4.78, 5) is 11.7. The first-order chi connectivity index (χ1) is 8.74. The zero-order valence-corrected chi connectivity index (χ0v) is 11.4. The molecule has 0 N–H and O–H groups in total. The molecule has 2 aromatic rings. The summed E-state index contributed by atoms with van der Waals surface area (Å²) in [6, 6.07) is 7.28. The van der Waals surface area contributed by atoms with E-state index in [0.29, 0.717) is 7.94 Å². The van der Waals surface area contributed by atoms with Crippen LogP contribution in [0.25, 0.3) is 0 Å². The molecule has 102 valence electrons. The monoisotopic (exact) mass is 302 g/mol. The summed E-state index contributed by atoms with van der Waals surface area (Å²) in [6.45, 7) is 0. The molecule has 2 rings (SSSR count). The zero-order valence-electron chi connectivity index (χ0n) is 9.79. The van der Waals surface area contributed by atoms with Crippen molar-refractivity contribution in [1.29, 1.82) is 0 Å². The van der Waals surface area contributed by atoms with Gasteiger partial charge in [-0.2, -0.15) is 7.94 Å². The summed E-state index contributed by atoms with van der Waals surface area (Å²) in [5.41, 5.74) is -1.15. The van der Waals surface area contributed by atoms with Gasteiger partial charge in [-0.05, 0) is 12.1 Å². The second-order valence-electron chi connectivity index (χ2n) is 3.75. The lowest BCUT2D eigenvalue weighted by Gasteiger charge is -2.03. The molecule has 0 aliphatic rings. The predicted octanol–water partition coefficient (Wildman–Crippen LogP) is -0.306. The number of benzene rings is 1. The molecule has 0 atom stereocenters. The maximum atomic E-state index is 12.1. The lowest BCUT2D eigenvalue weighted by molar-refractivity contribution is 0.583. The Bertz CT molecular complexity index is 860. The third-order valence-electron chi connectivity index (χ3n) is 2.37. The second-order valence-corrected chi connectivity index (χ2v) is 7.43. The van der Waals surface area contributed by atoms with E-state index in [2.05, 4.69) is 0 Å². The van der Waals surface area contributed by atoms with Gasteiger partial charge in [0.2, 0.25) is 10.0 Å². The molecule has 0 radical (unpaired) electrons. The molecule has 19 heavy (non-hydrogen) atoms. The fraction of sp³-hybridized carbons (Fsp3) is 0.100. The van der Waals surface area contributed by atoms with E-state index in [1.54, 1.807) is 6.07 Å². The van der Waals surface area contributed by atoms with Gasteiger partial charge < -0.3 is 0 Å². The first kappa shape index (κ1) is 13.6. The van der Waals surface area contributed by atoms with Gasteiger partial charge in [-0.3, -0.25) is 0 Å². The van der Waals surface area contributed by atoms with Crippen LogP contribution in [0.5, 0.6) is 0 Å². The van der Waals surface area contributed by atoms with E-state index in [1.807, 2.05) is 0 Å². The minimum atomic E-state index is -4.09. The highest BCUT2D eigenvalue weighted by Gasteiger charge is 2.22. The van der Waals surface area contributed by atoms with Gasteiger partial charge in [0.15, 0.2) is 0 Å². The molecule has 0 saturated heterocycles. The standard InChI is InChI=1S/C10H10N2O5S2/c1-18(14,15)11-7-8-12(10(11)13)19(16,17)9-5-3-2-4-6-9/h2-8H,1H3. The Balaban J connectivity index is 2.69. The van der Waals surface area contributed by atoms with Gasteiger partial charge in [0.25, 0.3) is 10.0 Å². The summed E-state index contributed by atoms with van der Waals surface area (Å²) < 4.78 is 47.6. The van der Waals surface area contributed by atoms with Gasteiger partial charge in [-0.25, -0.2) is 21.6 Å². The summed E-state index contributed by atoms with van der Waals surface area (Å²) in [5.74, 6) is 0. The molecule has 0 aliphatic carbocycles. The van der Waals surface area contributed by atoms with Gasteiger partial charge in [0, 0.05) is 12.4 Å². The van der Waals surface area contributed by atoms with Gasteiger partial charge >= 0.3 is 5.69 Å². The number of hydrogen-bond donors (Lipinski definition) is 0. The van der Waals surface area contributed by atoms with Crippen LogP contribution in [0.4, 0.5) is 0 Å². The Hall–Kier alpha value is -1.87. The third-order valence-corrected chi connectivity index (χ3v) is 5.03. The van der Waals surface area contributed by atoms with E-state index < -0.39 is 25.7 Å². The van der Waals surface area contributed by atoms with Crippen LogP contribution >= 0.6 is 0 Å². The van der Waals surface area contributed by atoms with Crippen LogP contribution in [0.2, 0.25) is 0 Å². The van der Waals surface area contributed by atoms with Gasteiger partial charge in [0.1, 0.15) is 0 Å². The summed E-state index contributed by atoms with van der Waals surface area (Å²) in [7, 11) is -7.93. The second kappa shape index (κ2) is 4.35. The predicted molar refractivity (Wildman–Crippen MR) is 68.0 cm³/mol. The van der Waals surface area contributed by atoms with Gasteiger partial charge in [0.05, 0.1) is 11.2 Å². The fourth-order valence-electron chi connectivity index (χ4n) is 1.49. The van der Waals surface area contributed by atoms with E-state index in [-0.39, 0.29) is 4.90 Å². The van der Waals surface area contributed by atoms with Crippen molar-refractivity contribution in [2.75, 3.05) is 6.26 Å². The third kappa shape index (κ3) is 2.34. The number of aromatic nitrogens is 2. The van der Waals surface area contributed by atoms with Crippen molar-refractivity contribution < 1.29 is 16.8 Å². The number of nitrogens with zero attached hydrogens (tertiary/aromatic N) is 2. The smallest absolute Gasteiger partial charge is 0.245 e. The lowest BCUT2D eigenvalue weighted by Crippen LogP contribution is -2.32. The average molecular weight is 302 g/mol. The van der Waals surface area contributed by atoms with Crippen molar-refractivity contribution in [3.8, 4) is 0 Å². The molecular weight excluding hydrogens is 292 g/mol. The molecule has 0 aliphatic heterocycles. The molecule has 7 nitrogen and oxygen atoms in total. The van der Waals surface area contributed by atoms with Crippen molar-refractivity contribution in [1.82, 2.24) is 7.94 Å². The van der Waals surface area contributed by atoms with E-state index in [9.17, 15) is 21.6 Å². The Morgan fingerprint density at radius 1 is 0.895 bits per heavy atom. The SMILES string of the molecule is CS(=O)(=O)n1ccn(S(=O)(=O)c2ccccc2)c1=O. The molecule has 1 aromatic carbocycles. The Labute approximate surface area is 109 Å². The average Bonchev–Trinajstić information content (AvgIpc) is 2.72. The highest BCUT2D eigenvalue weighted by molar-refractivity contribution is 7.90. The maximum absolute atomic E-state index is 12.1. The van der Waals surface area contributed by atoms with Crippen molar-refractivity contribution in [3.05, 3.63) is 53.2 Å². The normalized spacial score (nSPS) is 12.5. The Kier molecular flexibility index (Phi) is 3.11. The molecule has 0 saturated carbocycles. The Morgan fingerprint density at radius 3 is 1.89 bits per heavy atom. The fourth-order valence-corrected chi connectivity index (χ4v) is 3.42. The number of imidazole rings is 1. The minimum absolute atomic E-state index is 0.0941. The van der Waals surface area contributed by atoms with E-state index in [4.69, 9.17) is 0 Å². The van der Waals surface area contributed by atoms with E-state index in [1.165, 1.54) is 24.3 Å². The minimum Gasteiger partial charge on any atom is -0.245 e. The first-order valence-corrected chi connectivity index (χ1v) is 8.34. The molecule has 9 heteroatoms. The largest absolute Gasteiger partial charge is 0.356 e. The summed E-state index contributed by atoms with van der Waals surface area (Å²) >= 11 is 0. The highest BCUT2D eigenvalue weighted by atomic mass is 32.2. The van der Waals surface area contributed by atoms with Crippen molar-refractivity contribution >= 4 is 20.0 Å². The van der Waals surface area contributed by atoms with Crippen LogP contribution in [-0.2, 0) is 20.0 Å². The molecule has 0 amide bonds. The van der Waals surface area contributed by atoms with Crippen LogP contribution in [0.3, 0.4) is 0 Å². The summed E-state index contributed by atoms with van der Waals surface area (Å²) in [6.07, 6.45) is 2.62. The molecule has 0 spiro atoms. The quantitative estimate of drug-likeness (QED) is 0.775. The van der Waals surface area contributed by atoms with E-state index in [0.717, 1.165) is 18.6 Å². The highest BCUT2D eigenvalue weighted by Crippen LogP contribution is 2.11. The van der Waals surface area contributed by atoms with E-state index >= 15 is 0 Å².